The van der Waals surface area contributed by atoms with Gasteiger partial charge in [-0.2, -0.15) is 0 Å². The van der Waals surface area contributed by atoms with E-state index in [-0.39, 0.29) is 24.4 Å². The lowest BCUT2D eigenvalue weighted by Crippen LogP contribution is -2.27. The number of fused-ring (bicyclic) bond motifs is 1. The molecule has 0 fully saturated rings. The minimum Gasteiger partial charge on any atom is -0.378 e. The summed E-state index contributed by atoms with van der Waals surface area (Å²) in [5, 5.41) is 3.56. The Balaban J connectivity index is 1.72. The first kappa shape index (κ1) is 14.0. The normalized spacial score (nSPS) is 10.5. The lowest BCUT2D eigenvalue weighted by molar-refractivity contribution is -0.118. The van der Waals surface area contributed by atoms with Crippen LogP contribution in [0.3, 0.4) is 0 Å². The Morgan fingerprint density at radius 1 is 1.05 bits per heavy atom. The monoisotopic (exact) mass is 293 g/mol. The van der Waals surface area contributed by atoms with Crippen LogP contribution < -0.4 is 10.9 Å². The molecule has 2 aromatic carbocycles. The molecule has 1 aromatic heterocycles. The molecular weight excluding hydrogens is 278 g/mol. The minimum absolute atomic E-state index is 0.0104. The molecule has 0 amide bonds. The molecule has 0 saturated carbocycles. The number of anilines is 1. The van der Waals surface area contributed by atoms with Gasteiger partial charge in [-0.25, -0.2) is 4.98 Å². The van der Waals surface area contributed by atoms with Crippen molar-refractivity contribution in [1.82, 2.24) is 9.55 Å². The van der Waals surface area contributed by atoms with Gasteiger partial charge in [0.15, 0.2) is 5.78 Å². The maximum absolute atomic E-state index is 12.3. The lowest BCUT2D eigenvalue weighted by atomic mass is 10.2. The van der Waals surface area contributed by atoms with E-state index in [0.29, 0.717) is 10.9 Å². The fourth-order valence-corrected chi connectivity index (χ4v) is 2.22. The lowest BCUT2D eigenvalue weighted by Gasteiger charge is -2.08. The summed E-state index contributed by atoms with van der Waals surface area (Å²) >= 11 is 0. The number of Topliss-reactive ketones (excluding diaryl/α,β-unsaturated/α-hetero) is 1. The van der Waals surface area contributed by atoms with Crippen LogP contribution in [0.15, 0.2) is 65.7 Å². The van der Waals surface area contributed by atoms with Crippen LogP contribution in [-0.2, 0) is 11.3 Å². The number of benzene rings is 2. The van der Waals surface area contributed by atoms with Crippen LogP contribution in [0.4, 0.5) is 5.69 Å². The zero-order valence-electron chi connectivity index (χ0n) is 11.9. The van der Waals surface area contributed by atoms with Gasteiger partial charge in [-0.1, -0.05) is 30.3 Å². The van der Waals surface area contributed by atoms with Gasteiger partial charge in [-0.15, -0.1) is 0 Å². The molecule has 0 atom stereocenters. The van der Waals surface area contributed by atoms with Crippen LogP contribution in [0.25, 0.3) is 10.9 Å². The maximum atomic E-state index is 12.3. The molecule has 0 radical (unpaired) electrons. The molecule has 0 bridgehead atoms. The molecule has 0 aliphatic carbocycles. The number of nitrogens with zero attached hydrogens (tertiary/aromatic N) is 2. The topological polar surface area (TPSA) is 64.0 Å². The number of nitrogens with one attached hydrogen (secondary N) is 1. The average molecular weight is 293 g/mol. The van der Waals surface area contributed by atoms with Crippen LogP contribution in [0.2, 0.25) is 0 Å². The van der Waals surface area contributed by atoms with E-state index in [2.05, 4.69) is 10.3 Å². The standard InChI is InChI=1S/C17H15N3O2/c21-14(10-18-13-6-2-1-3-7-13)11-20-12-19-16-9-5-4-8-15(16)17(20)22/h1-9,12,18H,10-11H2. The van der Waals surface area contributed by atoms with Gasteiger partial charge < -0.3 is 5.32 Å². The van der Waals surface area contributed by atoms with Gasteiger partial charge in [-0.3, -0.25) is 14.2 Å². The molecule has 0 saturated heterocycles. The quantitative estimate of drug-likeness (QED) is 0.782. The Morgan fingerprint density at radius 3 is 2.59 bits per heavy atom. The Hall–Kier alpha value is -2.95. The third-order valence-corrected chi connectivity index (χ3v) is 3.34. The molecule has 3 aromatic rings. The van der Waals surface area contributed by atoms with Crippen LogP contribution in [0, 0.1) is 0 Å². The number of aromatic nitrogens is 2. The second-order valence-corrected chi connectivity index (χ2v) is 4.95. The molecule has 0 spiro atoms. The van der Waals surface area contributed by atoms with Gasteiger partial charge in [-0.05, 0) is 24.3 Å². The fourth-order valence-electron chi connectivity index (χ4n) is 2.22. The summed E-state index contributed by atoms with van der Waals surface area (Å²) in [7, 11) is 0. The molecule has 0 unspecified atom stereocenters. The van der Waals surface area contributed by atoms with E-state index in [9.17, 15) is 9.59 Å². The zero-order valence-corrected chi connectivity index (χ0v) is 11.9. The van der Waals surface area contributed by atoms with E-state index in [4.69, 9.17) is 0 Å². The summed E-state index contributed by atoms with van der Waals surface area (Å²) < 4.78 is 1.34. The van der Waals surface area contributed by atoms with Crippen molar-refractivity contribution >= 4 is 22.4 Å². The highest BCUT2D eigenvalue weighted by atomic mass is 16.1. The van der Waals surface area contributed by atoms with Crippen molar-refractivity contribution in [3.63, 3.8) is 0 Å². The minimum atomic E-state index is -0.196. The average Bonchev–Trinajstić information content (AvgIpc) is 2.57. The summed E-state index contributed by atoms with van der Waals surface area (Å²) in [4.78, 5) is 28.5. The summed E-state index contributed by atoms with van der Waals surface area (Å²) in [6.45, 7) is 0.180. The zero-order chi connectivity index (χ0) is 15.4. The van der Waals surface area contributed by atoms with Gasteiger partial charge >= 0.3 is 0 Å². The van der Waals surface area contributed by atoms with Gasteiger partial charge in [0.1, 0.15) is 0 Å². The van der Waals surface area contributed by atoms with Crippen LogP contribution in [0.5, 0.6) is 0 Å². The third-order valence-electron chi connectivity index (χ3n) is 3.34. The molecule has 0 aliphatic rings. The highest BCUT2D eigenvalue weighted by molar-refractivity contribution is 5.83. The van der Waals surface area contributed by atoms with Crippen molar-refractivity contribution in [2.24, 2.45) is 0 Å². The highest BCUT2D eigenvalue weighted by Gasteiger charge is 2.07. The second-order valence-electron chi connectivity index (χ2n) is 4.95. The van der Waals surface area contributed by atoms with Crippen molar-refractivity contribution in [3.05, 3.63) is 71.3 Å². The Labute approximate surface area is 127 Å². The smallest absolute Gasteiger partial charge is 0.261 e. The molecule has 0 aliphatic heterocycles. The number of hydrogen-bond donors (Lipinski definition) is 1. The van der Waals surface area contributed by atoms with Crippen molar-refractivity contribution < 1.29 is 4.79 Å². The molecule has 1 N–H and O–H groups in total. The van der Waals surface area contributed by atoms with Crippen LogP contribution >= 0.6 is 0 Å². The highest BCUT2D eigenvalue weighted by Crippen LogP contribution is 2.05. The van der Waals surface area contributed by atoms with E-state index in [1.54, 1.807) is 18.2 Å². The maximum Gasteiger partial charge on any atom is 0.261 e. The molecule has 22 heavy (non-hydrogen) atoms. The van der Waals surface area contributed by atoms with Crippen LogP contribution in [0.1, 0.15) is 0 Å². The van der Waals surface area contributed by atoms with E-state index >= 15 is 0 Å². The Kier molecular flexibility index (Phi) is 3.96. The molecule has 5 heteroatoms. The first-order valence-electron chi connectivity index (χ1n) is 6.99. The predicted molar refractivity (Wildman–Crippen MR) is 85.9 cm³/mol. The van der Waals surface area contributed by atoms with Crippen molar-refractivity contribution in [2.45, 2.75) is 6.54 Å². The fraction of sp³-hybridized carbons (Fsp3) is 0.118. The predicted octanol–water partition coefficient (Wildman–Crippen LogP) is 2.08. The van der Waals surface area contributed by atoms with Crippen molar-refractivity contribution in [2.75, 3.05) is 11.9 Å². The largest absolute Gasteiger partial charge is 0.378 e. The van der Waals surface area contributed by atoms with Gasteiger partial charge in [0, 0.05) is 5.69 Å². The SMILES string of the molecule is O=C(CNc1ccccc1)Cn1cnc2ccccc2c1=O. The van der Waals surface area contributed by atoms with E-state index < -0.39 is 0 Å². The van der Waals surface area contributed by atoms with Crippen molar-refractivity contribution in [3.8, 4) is 0 Å². The number of carbonyl (C=O) groups excluding carboxylic acids is 1. The van der Waals surface area contributed by atoms with E-state index in [1.165, 1.54) is 10.9 Å². The van der Waals surface area contributed by atoms with E-state index in [1.807, 2.05) is 36.4 Å². The van der Waals surface area contributed by atoms with Gasteiger partial charge in [0.2, 0.25) is 0 Å². The molecule has 3 rings (SSSR count). The van der Waals surface area contributed by atoms with Crippen molar-refractivity contribution in [1.29, 1.82) is 0 Å². The first-order chi connectivity index (χ1) is 10.7. The summed E-state index contributed by atoms with van der Waals surface area (Å²) in [5.41, 5.74) is 1.32. The first-order valence-corrected chi connectivity index (χ1v) is 6.99. The third kappa shape index (κ3) is 3.03. The number of carbonyl (C=O) groups is 1. The summed E-state index contributed by atoms with van der Waals surface area (Å²) in [6, 6.07) is 16.6. The second kappa shape index (κ2) is 6.22. The number of para-hydroxylation sites is 2. The Bertz CT molecular complexity index is 856. The molecule has 1 heterocycles. The molecular formula is C17H15N3O2. The number of ketones is 1. The van der Waals surface area contributed by atoms with E-state index in [0.717, 1.165) is 5.69 Å². The Morgan fingerprint density at radius 2 is 1.77 bits per heavy atom. The molecule has 5 nitrogen and oxygen atoms in total. The van der Waals surface area contributed by atoms with Gasteiger partial charge in [0.25, 0.3) is 5.56 Å². The van der Waals surface area contributed by atoms with Crippen LogP contribution in [-0.4, -0.2) is 21.9 Å². The van der Waals surface area contributed by atoms with Gasteiger partial charge in [0.05, 0.1) is 30.3 Å². The summed E-state index contributed by atoms with van der Waals surface area (Å²) in [6.07, 6.45) is 1.42. The summed E-state index contributed by atoms with van der Waals surface area (Å²) in [5.74, 6) is -0.0805. The number of hydrogen-bond acceptors (Lipinski definition) is 4. The number of rotatable bonds is 5. The molecule has 110 valence electrons.